The zero-order valence-corrected chi connectivity index (χ0v) is 12.9. The lowest BCUT2D eigenvalue weighted by Crippen LogP contribution is -2.44. The van der Waals surface area contributed by atoms with Gasteiger partial charge in [0.1, 0.15) is 6.54 Å². The second kappa shape index (κ2) is 8.08. The van der Waals surface area contributed by atoms with E-state index < -0.39 is 9.84 Å². The molecule has 1 aliphatic heterocycles. The molecule has 1 fully saturated rings. The molecule has 20 heavy (non-hydrogen) atoms. The maximum atomic E-state index is 11.5. The number of sulfone groups is 1. The topological polar surface area (TPSA) is 99.7 Å². The van der Waals surface area contributed by atoms with Gasteiger partial charge in [0.05, 0.1) is 11.5 Å². The van der Waals surface area contributed by atoms with Crippen LogP contribution in [0.2, 0.25) is 0 Å². The fourth-order valence-electron chi connectivity index (χ4n) is 1.89. The van der Waals surface area contributed by atoms with Gasteiger partial charge in [-0.2, -0.15) is 0 Å². The van der Waals surface area contributed by atoms with Gasteiger partial charge in [0.25, 0.3) is 0 Å². The summed E-state index contributed by atoms with van der Waals surface area (Å²) in [7, 11) is -2.92. The van der Waals surface area contributed by atoms with E-state index in [1.807, 2.05) is 13.8 Å². The van der Waals surface area contributed by atoms with Gasteiger partial charge in [0.2, 0.25) is 5.91 Å². The first-order chi connectivity index (χ1) is 9.46. The van der Waals surface area contributed by atoms with Crippen molar-refractivity contribution in [2.45, 2.75) is 32.7 Å². The summed E-state index contributed by atoms with van der Waals surface area (Å²) >= 11 is 0. The van der Waals surface area contributed by atoms with Crippen LogP contribution >= 0.6 is 0 Å². The van der Waals surface area contributed by atoms with E-state index in [0.29, 0.717) is 25.5 Å². The molecule has 0 radical (unpaired) electrons. The highest BCUT2D eigenvalue weighted by Crippen LogP contribution is 2.10. The van der Waals surface area contributed by atoms with Gasteiger partial charge in [0.15, 0.2) is 15.8 Å². The van der Waals surface area contributed by atoms with Gasteiger partial charge >= 0.3 is 0 Å². The lowest BCUT2D eigenvalue weighted by atomic mass is 10.3. The molecule has 0 aromatic heterocycles. The maximum Gasteiger partial charge on any atom is 0.241 e. The summed E-state index contributed by atoms with van der Waals surface area (Å²) in [4.78, 5) is 15.6. The van der Waals surface area contributed by atoms with Gasteiger partial charge in [-0.05, 0) is 19.8 Å². The predicted molar refractivity (Wildman–Crippen MR) is 79.5 cm³/mol. The molecule has 0 aliphatic carbocycles. The number of nitrogens with zero attached hydrogens (tertiary/aromatic N) is 1. The lowest BCUT2D eigenvalue weighted by molar-refractivity contribution is -0.119. The Bertz CT molecular complexity index is 448. The molecule has 0 aromatic rings. The summed E-state index contributed by atoms with van der Waals surface area (Å²) in [6, 6.07) is -0.128. The molecule has 1 saturated heterocycles. The Labute approximate surface area is 120 Å². The quantitative estimate of drug-likeness (QED) is 0.443. The minimum atomic E-state index is -2.92. The summed E-state index contributed by atoms with van der Waals surface area (Å²) in [5, 5.41) is 8.82. The molecule has 1 aliphatic rings. The molecule has 116 valence electrons. The van der Waals surface area contributed by atoms with Gasteiger partial charge in [-0.15, -0.1) is 0 Å². The van der Waals surface area contributed by atoms with E-state index in [1.165, 1.54) is 0 Å². The monoisotopic (exact) mass is 304 g/mol. The number of nitrogens with one attached hydrogen (secondary N) is 3. The molecule has 1 rings (SSSR count). The Morgan fingerprint density at radius 2 is 2.05 bits per heavy atom. The summed E-state index contributed by atoms with van der Waals surface area (Å²) in [6.45, 7) is 5.23. The molecular weight excluding hydrogens is 280 g/mol. The number of hydrogen-bond acceptors (Lipinski definition) is 4. The van der Waals surface area contributed by atoms with Crippen LogP contribution in [0.4, 0.5) is 0 Å². The Kier molecular flexibility index (Phi) is 6.77. The van der Waals surface area contributed by atoms with E-state index in [-0.39, 0.29) is 30.0 Å². The molecule has 1 unspecified atom stereocenters. The second-order valence-corrected chi connectivity index (χ2v) is 7.02. The molecule has 7 nitrogen and oxygen atoms in total. The summed E-state index contributed by atoms with van der Waals surface area (Å²) in [6.07, 6.45) is 1.46. The van der Waals surface area contributed by atoms with Crippen LogP contribution in [-0.2, 0) is 14.6 Å². The van der Waals surface area contributed by atoms with Gasteiger partial charge in [-0.25, -0.2) is 13.4 Å². The van der Waals surface area contributed by atoms with Crippen molar-refractivity contribution in [3.63, 3.8) is 0 Å². The molecule has 0 bridgehead atoms. The van der Waals surface area contributed by atoms with Gasteiger partial charge in [0, 0.05) is 19.1 Å². The highest BCUT2D eigenvalue weighted by molar-refractivity contribution is 7.91. The number of aliphatic imine (C=N–C) groups is 1. The van der Waals surface area contributed by atoms with E-state index >= 15 is 0 Å². The second-order valence-electron chi connectivity index (χ2n) is 4.79. The first-order valence-corrected chi connectivity index (χ1v) is 8.81. The summed E-state index contributed by atoms with van der Waals surface area (Å²) in [5.41, 5.74) is 0. The van der Waals surface area contributed by atoms with E-state index in [0.717, 1.165) is 6.42 Å². The molecular formula is C12H24N4O3S. The normalized spacial score (nSPS) is 21.5. The van der Waals surface area contributed by atoms with Crippen LogP contribution in [0.15, 0.2) is 4.99 Å². The van der Waals surface area contributed by atoms with Crippen LogP contribution in [0.5, 0.6) is 0 Å². The van der Waals surface area contributed by atoms with Crippen molar-refractivity contribution in [1.29, 1.82) is 0 Å². The van der Waals surface area contributed by atoms with E-state index in [9.17, 15) is 13.2 Å². The van der Waals surface area contributed by atoms with Crippen molar-refractivity contribution in [1.82, 2.24) is 16.0 Å². The SMILES string of the molecule is CCCNC(=O)CN=C(NCC)NC1CCS(=O)(=O)C1. The van der Waals surface area contributed by atoms with Crippen LogP contribution in [-0.4, -0.2) is 57.5 Å². The van der Waals surface area contributed by atoms with Crippen LogP contribution in [0.3, 0.4) is 0 Å². The highest BCUT2D eigenvalue weighted by Gasteiger charge is 2.28. The van der Waals surface area contributed by atoms with E-state index in [2.05, 4.69) is 20.9 Å². The Hall–Kier alpha value is -1.31. The fraction of sp³-hybridized carbons (Fsp3) is 0.833. The first-order valence-electron chi connectivity index (χ1n) is 6.98. The number of carbonyl (C=O) groups is 1. The van der Waals surface area contributed by atoms with Gasteiger partial charge in [-0.3, -0.25) is 4.79 Å². The van der Waals surface area contributed by atoms with Crippen molar-refractivity contribution in [2.75, 3.05) is 31.1 Å². The van der Waals surface area contributed by atoms with Crippen LogP contribution in [0, 0.1) is 0 Å². The smallest absolute Gasteiger partial charge is 0.241 e. The molecule has 0 aromatic carbocycles. The predicted octanol–water partition coefficient (Wildman–Crippen LogP) is -0.745. The molecule has 0 spiro atoms. The van der Waals surface area contributed by atoms with Crippen molar-refractivity contribution in [3.05, 3.63) is 0 Å². The highest BCUT2D eigenvalue weighted by atomic mass is 32.2. The molecule has 0 saturated carbocycles. The van der Waals surface area contributed by atoms with E-state index in [1.54, 1.807) is 0 Å². The van der Waals surface area contributed by atoms with Gasteiger partial charge < -0.3 is 16.0 Å². The number of hydrogen-bond donors (Lipinski definition) is 3. The number of carbonyl (C=O) groups excluding carboxylic acids is 1. The zero-order chi connectivity index (χ0) is 15.0. The molecule has 8 heteroatoms. The van der Waals surface area contributed by atoms with Crippen molar-refractivity contribution in [2.24, 2.45) is 4.99 Å². The average Bonchev–Trinajstić information content (AvgIpc) is 2.73. The maximum absolute atomic E-state index is 11.5. The minimum absolute atomic E-state index is 0.0365. The van der Waals surface area contributed by atoms with Crippen molar-refractivity contribution in [3.8, 4) is 0 Å². The van der Waals surface area contributed by atoms with Gasteiger partial charge in [-0.1, -0.05) is 6.92 Å². The third-order valence-corrected chi connectivity index (χ3v) is 4.64. The Morgan fingerprint density at radius 1 is 1.30 bits per heavy atom. The summed E-state index contributed by atoms with van der Waals surface area (Å²) < 4.78 is 22.8. The Morgan fingerprint density at radius 3 is 2.60 bits per heavy atom. The zero-order valence-electron chi connectivity index (χ0n) is 12.1. The molecule has 1 amide bonds. The van der Waals surface area contributed by atoms with Crippen molar-refractivity contribution < 1.29 is 13.2 Å². The molecule has 1 heterocycles. The third kappa shape index (κ3) is 6.23. The number of guanidine groups is 1. The number of rotatable bonds is 6. The Balaban J connectivity index is 2.49. The average molecular weight is 304 g/mol. The van der Waals surface area contributed by atoms with Crippen LogP contribution in [0.25, 0.3) is 0 Å². The summed E-state index contributed by atoms with van der Waals surface area (Å²) in [5.74, 6) is 0.685. The largest absolute Gasteiger partial charge is 0.357 e. The molecule has 3 N–H and O–H groups in total. The fourth-order valence-corrected chi connectivity index (χ4v) is 3.57. The first kappa shape index (κ1) is 16.7. The van der Waals surface area contributed by atoms with Crippen LogP contribution < -0.4 is 16.0 Å². The number of amides is 1. The third-order valence-electron chi connectivity index (χ3n) is 2.87. The van der Waals surface area contributed by atoms with Crippen LogP contribution in [0.1, 0.15) is 26.7 Å². The standard InChI is InChI=1S/C12H24N4O3S/c1-3-6-14-11(17)8-15-12(13-4-2)16-10-5-7-20(18,19)9-10/h10H,3-9H2,1-2H3,(H,14,17)(H2,13,15,16). The lowest BCUT2D eigenvalue weighted by Gasteiger charge is -2.15. The minimum Gasteiger partial charge on any atom is -0.357 e. The molecule has 1 atom stereocenters. The van der Waals surface area contributed by atoms with Crippen molar-refractivity contribution >= 4 is 21.7 Å². The van der Waals surface area contributed by atoms with E-state index in [4.69, 9.17) is 0 Å².